The summed E-state index contributed by atoms with van der Waals surface area (Å²) in [5.74, 6) is -0.501. The number of pyridine rings is 1. The summed E-state index contributed by atoms with van der Waals surface area (Å²) >= 11 is 12.7. The Morgan fingerprint density at radius 3 is 2.41 bits per heavy atom. The summed E-state index contributed by atoms with van der Waals surface area (Å²) in [7, 11) is -3.84. The number of esters is 1. The Morgan fingerprint density at radius 1 is 1.05 bits per heavy atom. The highest BCUT2D eigenvalue weighted by Gasteiger charge is 2.37. The Hall–Kier alpha value is -3.19. The molecule has 1 saturated carbocycles. The van der Waals surface area contributed by atoms with E-state index >= 15 is 0 Å². The lowest BCUT2D eigenvalue weighted by atomic mass is 10.0. The number of carbonyl (C=O) groups is 1. The van der Waals surface area contributed by atoms with Gasteiger partial charge in [0.15, 0.2) is 23.9 Å². The van der Waals surface area contributed by atoms with Crippen LogP contribution >= 0.6 is 23.2 Å². The van der Waals surface area contributed by atoms with Crippen LogP contribution in [0, 0.1) is 11.1 Å². The zero-order chi connectivity index (χ0) is 31.4. The van der Waals surface area contributed by atoms with Crippen LogP contribution in [0.3, 0.4) is 0 Å². The van der Waals surface area contributed by atoms with Crippen molar-refractivity contribution in [1.29, 1.82) is 0 Å². The minimum Gasteiger partial charge on any atom is -0.619 e. The van der Waals surface area contributed by atoms with E-state index < -0.39 is 34.7 Å². The molecule has 5 rings (SSSR count). The van der Waals surface area contributed by atoms with Gasteiger partial charge in [-0.2, -0.15) is 17.8 Å². The number of sulfonamides is 1. The van der Waals surface area contributed by atoms with Crippen LogP contribution in [0.25, 0.3) is 0 Å². The van der Waals surface area contributed by atoms with Crippen molar-refractivity contribution in [2.24, 2.45) is 5.92 Å². The maximum atomic E-state index is 13.4. The van der Waals surface area contributed by atoms with Crippen molar-refractivity contribution in [3.05, 3.63) is 87.3 Å². The van der Waals surface area contributed by atoms with Crippen LogP contribution in [0.15, 0.2) is 65.8 Å². The molecule has 0 radical (unpaired) electrons. The number of hydrogen-bond acceptors (Lipinski definition) is 7. The molecule has 2 heterocycles. The molecule has 1 saturated heterocycles. The minimum atomic E-state index is -3.84. The van der Waals surface area contributed by atoms with Crippen LogP contribution < -0.4 is 14.2 Å². The Morgan fingerprint density at radius 2 is 1.75 bits per heavy atom. The van der Waals surface area contributed by atoms with Crippen molar-refractivity contribution in [3.63, 3.8) is 0 Å². The molecule has 2 aromatic carbocycles. The molecule has 1 aromatic heterocycles. The monoisotopic (exact) mass is 670 g/mol. The maximum Gasteiger partial charge on any atom is 0.387 e. The molecule has 0 spiro atoms. The molecule has 3 aromatic rings. The van der Waals surface area contributed by atoms with E-state index in [2.05, 4.69) is 4.74 Å². The van der Waals surface area contributed by atoms with Crippen LogP contribution in [0.5, 0.6) is 11.5 Å². The molecule has 0 bridgehead atoms. The third kappa shape index (κ3) is 7.90. The fourth-order valence-corrected chi connectivity index (χ4v) is 7.43. The Bertz CT molecular complexity index is 1570. The Balaban J connectivity index is 1.41. The number of alkyl halides is 2. The average molecular weight is 672 g/mol. The molecule has 0 N–H and O–H groups in total. The fourth-order valence-electron chi connectivity index (χ4n) is 5.12. The molecule has 14 heteroatoms. The van der Waals surface area contributed by atoms with E-state index in [1.807, 2.05) is 0 Å². The maximum absolute atomic E-state index is 13.4. The number of rotatable bonds is 13. The number of benzene rings is 2. The first-order chi connectivity index (χ1) is 21.0. The lowest BCUT2D eigenvalue weighted by Gasteiger charge is -2.25. The van der Waals surface area contributed by atoms with Crippen LogP contribution in [0.2, 0.25) is 10.0 Å². The van der Waals surface area contributed by atoms with E-state index in [0.717, 1.165) is 25.2 Å². The molecule has 2 atom stereocenters. The van der Waals surface area contributed by atoms with Gasteiger partial charge in [0.05, 0.1) is 17.9 Å². The highest BCUT2D eigenvalue weighted by molar-refractivity contribution is 7.89. The van der Waals surface area contributed by atoms with Gasteiger partial charge in [-0.3, -0.25) is 4.79 Å². The van der Waals surface area contributed by atoms with Crippen molar-refractivity contribution < 1.29 is 40.9 Å². The summed E-state index contributed by atoms with van der Waals surface area (Å²) in [4.78, 5) is 13.5. The van der Waals surface area contributed by atoms with Crippen LogP contribution in [-0.4, -0.2) is 44.5 Å². The van der Waals surface area contributed by atoms with Crippen LogP contribution in [0.1, 0.15) is 49.3 Å². The lowest BCUT2D eigenvalue weighted by Crippen LogP contribution is -2.37. The average Bonchev–Trinajstić information content (AvgIpc) is 3.69. The van der Waals surface area contributed by atoms with Crippen LogP contribution in [0.4, 0.5) is 8.78 Å². The molecule has 2 aliphatic rings. The highest BCUT2D eigenvalue weighted by atomic mass is 35.5. The first-order valence-electron chi connectivity index (χ1n) is 14.1. The zero-order valence-electron chi connectivity index (χ0n) is 23.4. The van der Waals surface area contributed by atoms with E-state index in [9.17, 15) is 27.2 Å². The standard InChI is InChI=1S/C30H30Cl2F2N2O7S/c31-24-16-35(38)17-25(32)23(24)15-27(20-10-11-26(43-30(33)34)28(13-20)41-18-19-8-9-19)42-29(37)14-21-5-4-12-36(21)44(39,40)22-6-2-1-3-7-22/h1-3,6-7,10-11,13,16-17,19,21,27,30H,4-5,8-9,12,14-15,18H2/t21-,27-/m0/s1. The first kappa shape index (κ1) is 32.2. The van der Waals surface area contributed by atoms with Gasteiger partial charge in [-0.15, -0.1) is 0 Å². The largest absolute Gasteiger partial charge is 0.619 e. The molecule has 236 valence electrons. The summed E-state index contributed by atoms with van der Waals surface area (Å²) in [6.07, 6.45) is 3.84. The summed E-state index contributed by atoms with van der Waals surface area (Å²) in [5.41, 5.74) is 0.692. The van der Waals surface area contributed by atoms with E-state index in [1.165, 1.54) is 34.6 Å². The second-order valence-electron chi connectivity index (χ2n) is 10.7. The van der Waals surface area contributed by atoms with Gasteiger partial charge in [-0.25, -0.2) is 8.42 Å². The number of aromatic nitrogens is 1. The van der Waals surface area contributed by atoms with E-state index in [1.54, 1.807) is 18.2 Å². The molecule has 2 fully saturated rings. The number of hydrogen-bond donors (Lipinski definition) is 0. The molecule has 1 aliphatic carbocycles. The second kappa shape index (κ2) is 13.8. The lowest BCUT2D eigenvalue weighted by molar-refractivity contribution is -0.605. The summed E-state index contributed by atoms with van der Waals surface area (Å²) in [6.45, 7) is -2.52. The van der Waals surface area contributed by atoms with Gasteiger partial charge >= 0.3 is 12.6 Å². The van der Waals surface area contributed by atoms with Crippen molar-refractivity contribution in [2.75, 3.05) is 13.2 Å². The number of carbonyl (C=O) groups excluding carboxylic acids is 1. The zero-order valence-corrected chi connectivity index (χ0v) is 25.7. The van der Waals surface area contributed by atoms with Gasteiger partial charge in [-0.1, -0.05) is 47.5 Å². The third-order valence-electron chi connectivity index (χ3n) is 7.52. The number of nitrogens with zero attached hydrogens (tertiary/aromatic N) is 2. The minimum absolute atomic E-state index is 0.0346. The third-order valence-corrected chi connectivity index (χ3v) is 10.1. The number of halogens is 4. The normalized spacial score (nSPS) is 17.9. The molecule has 0 amide bonds. The van der Waals surface area contributed by atoms with E-state index in [4.69, 9.17) is 32.7 Å². The first-order valence-corrected chi connectivity index (χ1v) is 16.3. The quantitative estimate of drug-likeness (QED) is 0.123. The number of ether oxygens (including phenoxy) is 3. The molecule has 0 unspecified atom stereocenters. The molecule has 9 nitrogen and oxygen atoms in total. The topological polar surface area (TPSA) is 109 Å². The molecule has 1 aliphatic heterocycles. The van der Waals surface area contributed by atoms with Gasteiger partial charge in [0.25, 0.3) is 0 Å². The van der Waals surface area contributed by atoms with Crippen molar-refractivity contribution in [2.45, 2.75) is 62.2 Å². The summed E-state index contributed by atoms with van der Waals surface area (Å²) < 4.78 is 71.0. The van der Waals surface area contributed by atoms with Gasteiger partial charge in [0.2, 0.25) is 10.0 Å². The second-order valence-corrected chi connectivity index (χ2v) is 13.4. The predicted octanol–water partition coefficient (Wildman–Crippen LogP) is 6.09. The molecular weight excluding hydrogens is 641 g/mol. The smallest absolute Gasteiger partial charge is 0.387 e. The highest BCUT2D eigenvalue weighted by Crippen LogP contribution is 2.38. The summed E-state index contributed by atoms with van der Waals surface area (Å²) in [6, 6.07) is 11.6. The van der Waals surface area contributed by atoms with Crippen molar-refractivity contribution in [1.82, 2.24) is 4.31 Å². The van der Waals surface area contributed by atoms with Crippen molar-refractivity contribution >= 4 is 39.2 Å². The van der Waals surface area contributed by atoms with E-state index in [0.29, 0.717) is 41.2 Å². The van der Waals surface area contributed by atoms with Gasteiger partial charge < -0.3 is 19.4 Å². The fraction of sp³-hybridized carbons (Fsp3) is 0.400. The Labute approximate surface area is 263 Å². The molecular formula is C30H30Cl2F2N2O7S. The Kier molecular flexibility index (Phi) is 10.1. The SMILES string of the molecule is O=C(C[C@@H]1CCCN1S(=O)(=O)c1ccccc1)O[C@@H](Cc1c(Cl)c[n+]([O-])cc1Cl)c1ccc(OC(F)F)c(OCC2CC2)c1. The van der Waals surface area contributed by atoms with Crippen molar-refractivity contribution in [3.8, 4) is 11.5 Å². The predicted molar refractivity (Wildman–Crippen MR) is 157 cm³/mol. The van der Waals surface area contributed by atoms with Gasteiger partial charge in [0.1, 0.15) is 16.1 Å². The van der Waals surface area contributed by atoms with E-state index in [-0.39, 0.29) is 45.8 Å². The summed E-state index contributed by atoms with van der Waals surface area (Å²) in [5, 5.41) is 11.9. The van der Waals surface area contributed by atoms with Gasteiger partial charge in [0, 0.05) is 24.6 Å². The van der Waals surface area contributed by atoms with Crippen LogP contribution in [-0.2, 0) is 26.0 Å². The van der Waals surface area contributed by atoms with Gasteiger partial charge in [-0.05, 0) is 61.4 Å². The molecule has 44 heavy (non-hydrogen) atoms.